The maximum Gasteiger partial charge on any atom is 0.0244 e. The Morgan fingerprint density at radius 3 is 1.89 bits per heavy atom. The zero-order valence-corrected chi connectivity index (χ0v) is 12.5. The molecular formula is C17H21FeN-6. The van der Waals surface area contributed by atoms with E-state index in [-0.39, 0.29) is 17.1 Å². The van der Waals surface area contributed by atoms with Crippen LogP contribution in [-0.4, -0.2) is 13.1 Å². The van der Waals surface area contributed by atoms with Gasteiger partial charge in [0.15, 0.2) is 0 Å². The fourth-order valence-electron chi connectivity index (χ4n) is 1.76. The van der Waals surface area contributed by atoms with Gasteiger partial charge in [-0.05, 0) is 0 Å². The number of hydrogen-bond donors (Lipinski definition) is 0. The molecule has 0 aliphatic carbocycles. The van der Waals surface area contributed by atoms with Crippen LogP contribution in [0.1, 0.15) is 5.56 Å². The first-order chi connectivity index (χ1) is 8.79. The van der Waals surface area contributed by atoms with E-state index in [1.807, 2.05) is 42.5 Å². The van der Waals surface area contributed by atoms with Crippen LogP contribution in [0.2, 0.25) is 0 Å². The largest absolute Gasteiger partial charge is 0.748 e. The van der Waals surface area contributed by atoms with E-state index in [0.29, 0.717) is 0 Å². The van der Waals surface area contributed by atoms with Crippen LogP contribution in [0.25, 0.3) is 0 Å². The Labute approximate surface area is 127 Å². The van der Waals surface area contributed by atoms with E-state index in [2.05, 4.69) is 43.2 Å². The topological polar surface area (TPSA) is 3.24 Å². The van der Waals surface area contributed by atoms with Gasteiger partial charge >= 0.3 is 0 Å². The molecule has 0 spiro atoms. The summed E-state index contributed by atoms with van der Waals surface area (Å²) < 4.78 is 0. The molecule has 108 valence electrons. The molecule has 0 fully saturated rings. The van der Waals surface area contributed by atoms with Gasteiger partial charge in [0.1, 0.15) is 0 Å². The summed E-state index contributed by atoms with van der Waals surface area (Å²) in [6.45, 7) is 11.4. The fourth-order valence-corrected chi connectivity index (χ4v) is 1.76. The molecule has 0 atom stereocenters. The van der Waals surface area contributed by atoms with Crippen molar-refractivity contribution in [3.63, 3.8) is 0 Å². The van der Waals surface area contributed by atoms with E-state index in [4.69, 9.17) is 0 Å². The second-order valence-electron chi connectivity index (χ2n) is 4.04. The van der Waals surface area contributed by atoms with Gasteiger partial charge in [-0.2, -0.15) is 6.07 Å². The molecule has 0 aromatic heterocycles. The van der Waals surface area contributed by atoms with Gasteiger partial charge in [-0.3, -0.25) is 0 Å². The number of aryl methyl sites for hydroxylation is 1. The Balaban J connectivity index is 0.000000454. The van der Waals surface area contributed by atoms with Gasteiger partial charge in [-0.1, -0.05) is 24.8 Å². The molecule has 2 rings (SSSR count). The molecule has 0 aliphatic rings. The van der Waals surface area contributed by atoms with E-state index in [0.717, 1.165) is 13.1 Å². The Morgan fingerprint density at radius 1 is 1.11 bits per heavy atom. The van der Waals surface area contributed by atoms with E-state index in [1.165, 1.54) is 11.3 Å². The minimum Gasteiger partial charge on any atom is -0.748 e. The smallest absolute Gasteiger partial charge is 0.0244 e. The van der Waals surface area contributed by atoms with Crippen LogP contribution in [0.3, 0.4) is 0 Å². The second-order valence-corrected chi connectivity index (χ2v) is 4.04. The van der Waals surface area contributed by atoms with Crippen LogP contribution in [0.15, 0.2) is 73.8 Å². The van der Waals surface area contributed by atoms with Crippen LogP contribution in [0.5, 0.6) is 0 Å². The SMILES string of the molecule is C=CCN(CC=C)[c-]1cccc1C.[Fe].[cH-]1[cH-][cH-][cH-][cH-]1. The maximum atomic E-state index is 3.75. The monoisotopic (exact) mass is 295 g/mol. The van der Waals surface area contributed by atoms with Gasteiger partial charge in [0.05, 0.1) is 0 Å². The molecule has 0 saturated carbocycles. The van der Waals surface area contributed by atoms with Gasteiger partial charge in [-0.15, -0.1) is 18.7 Å². The molecular weight excluding hydrogens is 274 g/mol. The molecule has 0 aliphatic heterocycles. The van der Waals surface area contributed by atoms with Crippen molar-refractivity contribution in [3.05, 3.63) is 79.4 Å². The Hall–Kier alpha value is -1.50. The summed E-state index contributed by atoms with van der Waals surface area (Å²) in [4.78, 5) is 2.25. The van der Waals surface area contributed by atoms with Crippen molar-refractivity contribution in [2.24, 2.45) is 0 Å². The molecule has 0 N–H and O–H groups in total. The molecule has 0 amide bonds. The third kappa shape index (κ3) is 6.28. The van der Waals surface area contributed by atoms with Crippen LogP contribution in [0.4, 0.5) is 5.69 Å². The molecule has 2 heteroatoms. The van der Waals surface area contributed by atoms with Gasteiger partial charge < -0.3 is 35.2 Å². The average Bonchev–Trinajstić information content (AvgIpc) is 3.02. The third-order valence-corrected chi connectivity index (χ3v) is 2.60. The zero-order valence-electron chi connectivity index (χ0n) is 11.4. The molecule has 0 heterocycles. The van der Waals surface area contributed by atoms with Crippen molar-refractivity contribution >= 4 is 5.69 Å². The maximum absolute atomic E-state index is 3.75. The second kappa shape index (κ2) is 10.4. The quantitative estimate of drug-likeness (QED) is 0.452. The molecule has 19 heavy (non-hydrogen) atoms. The number of anilines is 1. The van der Waals surface area contributed by atoms with Crippen LogP contribution < -0.4 is 4.90 Å². The van der Waals surface area contributed by atoms with Crippen molar-refractivity contribution in [3.8, 4) is 0 Å². The van der Waals surface area contributed by atoms with Crippen molar-refractivity contribution in [1.29, 1.82) is 0 Å². The van der Waals surface area contributed by atoms with Crippen LogP contribution in [0, 0.1) is 6.92 Å². The predicted molar refractivity (Wildman–Crippen MR) is 81.4 cm³/mol. The number of hydrogen-bond acceptors (Lipinski definition) is 1. The van der Waals surface area contributed by atoms with E-state index in [1.54, 1.807) is 0 Å². The van der Waals surface area contributed by atoms with Crippen molar-refractivity contribution < 1.29 is 17.1 Å². The zero-order chi connectivity index (χ0) is 13.2. The van der Waals surface area contributed by atoms with Gasteiger partial charge in [0, 0.05) is 30.2 Å². The first kappa shape index (κ1) is 17.5. The minimum atomic E-state index is 0. The van der Waals surface area contributed by atoms with E-state index in [9.17, 15) is 0 Å². The fraction of sp³-hybridized carbons (Fsp3) is 0.176. The molecule has 1 nitrogen and oxygen atoms in total. The summed E-state index contributed by atoms with van der Waals surface area (Å²) in [6, 6.07) is 16.3. The van der Waals surface area contributed by atoms with Gasteiger partial charge in [0.2, 0.25) is 0 Å². The van der Waals surface area contributed by atoms with Crippen molar-refractivity contribution in [2.45, 2.75) is 6.92 Å². The first-order valence-electron chi connectivity index (χ1n) is 6.15. The third-order valence-electron chi connectivity index (χ3n) is 2.60. The summed E-state index contributed by atoms with van der Waals surface area (Å²) in [5, 5.41) is 0. The number of rotatable bonds is 5. The molecule has 2 aromatic carbocycles. The van der Waals surface area contributed by atoms with Gasteiger partial charge in [0.25, 0.3) is 0 Å². The molecule has 2 aromatic rings. The van der Waals surface area contributed by atoms with Crippen molar-refractivity contribution in [1.82, 2.24) is 0 Å². The Bertz CT molecular complexity index is 412. The normalized spacial score (nSPS) is 8.68. The van der Waals surface area contributed by atoms with E-state index < -0.39 is 0 Å². The predicted octanol–water partition coefficient (Wildman–Crippen LogP) is 4.30. The standard InChI is InChI=1S/C12H16N.C5H5.Fe/c1-4-9-13(10-5-2)12-8-6-7-11(12)3;1-2-4-5-3-1;/h4-8H,1-2,9-10H2,3H3;1-5H;/q-1;-5;. The van der Waals surface area contributed by atoms with Crippen molar-refractivity contribution in [2.75, 3.05) is 18.0 Å². The molecule has 0 radical (unpaired) electrons. The minimum absolute atomic E-state index is 0. The van der Waals surface area contributed by atoms with Gasteiger partial charge in [-0.25, -0.2) is 12.1 Å². The van der Waals surface area contributed by atoms with E-state index >= 15 is 0 Å². The Kier molecular flexibility index (Phi) is 9.60. The molecule has 0 saturated heterocycles. The summed E-state index contributed by atoms with van der Waals surface area (Å²) >= 11 is 0. The molecule has 0 bridgehead atoms. The first-order valence-corrected chi connectivity index (χ1v) is 6.15. The van der Waals surface area contributed by atoms with Crippen LogP contribution >= 0.6 is 0 Å². The summed E-state index contributed by atoms with van der Waals surface area (Å²) in [6.07, 6.45) is 3.83. The average molecular weight is 295 g/mol. The Morgan fingerprint density at radius 2 is 1.58 bits per heavy atom. The number of nitrogens with zero attached hydrogens (tertiary/aromatic N) is 1. The summed E-state index contributed by atoms with van der Waals surface area (Å²) in [7, 11) is 0. The summed E-state index contributed by atoms with van der Waals surface area (Å²) in [5.74, 6) is 0. The molecule has 0 unspecified atom stereocenters. The van der Waals surface area contributed by atoms with Crippen LogP contribution in [-0.2, 0) is 17.1 Å². The summed E-state index contributed by atoms with van der Waals surface area (Å²) in [5.41, 5.74) is 2.59.